The molecule has 0 radical (unpaired) electrons. The van der Waals surface area contributed by atoms with Crippen molar-refractivity contribution in [1.29, 1.82) is 0 Å². The lowest BCUT2D eigenvalue weighted by Gasteiger charge is -2.01. The Labute approximate surface area is 64.2 Å². The first-order chi connectivity index (χ1) is 5.13. The monoisotopic (exact) mass is 154 g/mol. The van der Waals surface area contributed by atoms with Crippen LogP contribution in [0, 0.1) is 12.7 Å². The Balaban J connectivity index is 3.27. The molecule has 1 aromatic rings. The van der Waals surface area contributed by atoms with Gasteiger partial charge in [0.2, 0.25) is 0 Å². The largest absolute Gasteiger partial charge is 0.207 e. The zero-order valence-corrected chi connectivity index (χ0v) is 6.20. The predicted octanol–water partition coefficient (Wildman–Crippen LogP) is 3.07. The summed E-state index contributed by atoms with van der Waals surface area (Å²) in [6, 6.07) is 4.25. The molecule has 0 aliphatic carbocycles. The van der Waals surface area contributed by atoms with Gasteiger partial charge in [-0.05, 0) is 18.6 Å². The Hall–Kier alpha value is -1.18. The van der Waals surface area contributed by atoms with Crippen molar-refractivity contribution in [3.63, 3.8) is 0 Å². The van der Waals surface area contributed by atoms with Crippen molar-refractivity contribution >= 4 is 5.83 Å². The Morgan fingerprint density at radius 2 is 2.09 bits per heavy atom. The van der Waals surface area contributed by atoms with E-state index in [9.17, 15) is 8.78 Å². The Morgan fingerprint density at radius 1 is 1.45 bits per heavy atom. The van der Waals surface area contributed by atoms with Crippen LogP contribution in [0.3, 0.4) is 0 Å². The molecule has 0 nitrogen and oxygen atoms in total. The second kappa shape index (κ2) is 2.82. The van der Waals surface area contributed by atoms with Gasteiger partial charge < -0.3 is 0 Å². The minimum absolute atomic E-state index is 0.241. The summed E-state index contributed by atoms with van der Waals surface area (Å²) in [6.07, 6.45) is 0. The smallest absolute Gasteiger partial charge is 0.126 e. The minimum atomic E-state index is -0.595. The molecule has 0 spiro atoms. The van der Waals surface area contributed by atoms with Gasteiger partial charge in [0, 0.05) is 5.56 Å². The maximum absolute atomic E-state index is 12.7. The van der Waals surface area contributed by atoms with E-state index in [4.69, 9.17) is 0 Å². The van der Waals surface area contributed by atoms with Crippen LogP contribution in [-0.4, -0.2) is 0 Å². The zero-order chi connectivity index (χ0) is 8.43. The highest BCUT2D eigenvalue weighted by atomic mass is 19.1. The summed E-state index contributed by atoms with van der Waals surface area (Å²) in [5.74, 6) is -0.997. The molecule has 0 heterocycles. The molecule has 0 N–H and O–H groups in total. The fourth-order valence-corrected chi connectivity index (χ4v) is 0.901. The Bertz CT molecular complexity index is 290. The molecule has 11 heavy (non-hydrogen) atoms. The minimum Gasteiger partial charge on any atom is -0.207 e. The lowest BCUT2D eigenvalue weighted by Crippen LogP contribution is -1.87. The third kappa shape index (κ3) is 1.45. The number of hydrogen-bond donors (Lipinski definition) is 0. The van der Waals surface area contributed by atoms with E-state index in [0.717, 1.165) is 0 Å². The first-order valence-corrected chi connectivity index (χ1v) is 3.23. The van der Waals surface area contributed by atoms with Gasteiger partial charge in [-0.25, -0.2) is 8.78 Å². The normalized spacial score (nSPS) is 9.73. The molecule has 0 aromatic heterocycles. The fourth-order valence-electron chi connectivity index (χ4n) is 0.901. The molecule has 0 saturated carbocycles. The highest BCUT2D eigenvalue weighted by Gasteiger charge is 2.04. The number of hydrogen-bond acceptors (Lipinski definition) is 0. The average Bonchev–Trinajstić information content (AvgIpc) is 1.94. The SMILES string of the molecule is C=C(F)c1cccc(F)c1C. The maximum atomic E-state index is 12.7. The van der Waals surface area contributed by atoms with Crippen molar-refractivity contribution in [2.75, 3.05) is 0 Å². The molecule has 58 valence electrons. The van der Waals surface area contributed by atoms with Crippen LogP contribution in [0.15, 0.2) is 24.8 Å². The fraction of sp³-hybridized carbons (Fsp3) is 0.111. The van der Waals surface area contributed by atoms with Crippen molar-refractivity contribution in [2.45, 2.75) is 6.92 Å². The van der Waals surface area contributed by atoms with Crippen molar-refractivity contribution in [3.8, 4) is 0 Å². The van der Waals surface area contributed by atoms with Gasteiger partial charge >= 0.3 is 0 Å². The highest BCUT2D eigenvalue weighted by molar-refractivity contribution is 5.59. The summed E-state index contributed by atoms with van der Waals surface area (Å²) in [5, 5.41) is 0. The van der Waals surface area contributed by atoms with Gasteiger partial charge in [-0.2, -0.15) is 0 Å². The maximum Gasteiger partial charge on any atom is 0.126 e. The Kier molecular flexibility index (Phi) is 2.03. The molecule has 0 amide bonds. The van der Waals surface area contributed by atoms with Gasteiger partial charge in [0.15, 0.2) is 0 Å². The zero-order valence-electron chi connectivity index (χ0n) is 6.20. The van der Waals surface area contributed by atoms with Crippen molar-refractivity contribution < 1.29 is 8.78 Å². The van der Waals surface area contributed by atoms with E-state index in [1.165, 1.54) is 25.1 Å². The quantitative estimate of drug-likeness (QED) is 0.583. The molecule has 0 saturated heterocycles. The molecular weight excluding hydrogens is 146 g/mol. The third-order valence-corrected chi connectivity index (χ3v) is 1.56. The molecule has 0 unspecified atom stereocenters. The van der Waals surface area contributed by atoms with Crippen LogP contribution < -0.4 is 0 Å². The van der Waals surface area contributed by atoms with Crippen LogP contribution in [0.25, 0.3) is 5.83 Å². The molecular formula is C9H8F2. The molecule has 0 aliphatic rings. The van der Waals surface area contributed by atoms with E-state index in [1.807, 2.05) is 0 Å². The van der Waals surface area contributed by atoms with Crippen LogP contribution in [0.4, 0.5) is 8.78 Å². The van der Waals surface area contributed by atoms with Gasteiger partial charge in [0.1, 0.15) is 11.6 Å². The van der Waals surface area contributed by atoms with Crippen molar-refractivity contribution in [3.05, 3.63) is 41.7 Å². The lowest BCUT2D eigenvalue weighted by atomic mass is 10.1. The van der Waals surface area contributed by atoms with Gasteiger partial charge in [-0.15, -0.1) is 0 Å². The first-order valence-electron chi connectivity index (χ1n) is 3.23. The van der Waals surface area contributed by atoms with Crippen molar-refractivity contribution in [2.24, 2.45) is 0 Å². The molecule has 0 bridgehead atoms. The van der Waals surface area contributed by atoms with Crippen LogP contribution in [0.1, 0.15) is 11.1 Å². The van der Waals surface area contributed by atoms with Gasteiger partial charge in [-0.1, -0.05) is 18.7 Å². The second-order valence-corrected chi connectivity index (χ2v) is 2.32. The van der Waals surface area contributed by atoms with E-state index >= 15 is 0 Å². The first kappa shape index (κ1) is 7.92. The molecule has 1 rings (SSSR count). The standard InChI is InChI=1S/C9H8F2/c1-6-8(7(2)10)4-3-5-9(6)11/h3-5H,2H2,1H3. The van der Waals surface area contributed by atoms with Crippen molar-refractivity contribution in [1.82, 2.24) is 0 Å². The summed E-state index contributed by atoms with van der Waals surface area (Å²) in [4.78, 5) is 0. The van der Waals surface area contributed by atoms with E-state index in [-0.39, 0.29) is 5.56 Å². The number of halogens is 2. The molecule has 2 heteroatoms. The highest BCUT2D eigenvalue weighted by Crippen LogP contribution is 2.19. The van der Waals surface area contributed by atoms with Gasteiger partial charge in [0.25, 0.3) is 0 Å². The summed E-state index contributed by atoms with van der Waals surface area (Å²) in [5.41, 5.74) is 0.546. The second-order valence-electron chi connectivity index (χ2n) is 2.32. The van der Waals surface area contributed by atoms with E-state index in [1.54, 1.807) is 0 Å². The average molecular weight is 154 g/mol. The van der Waals surface area contributed by atoms with Crippen LogP contribution in [0.5, 0.6) is 0 Å². The summed E-state index contributed by atoms with van der Waals surface area (Å²) in [7, 11) is 0. The topological polar surface area (TPSA) is 0 Å². The molecule has 1 aromatic carbocycles. The van der Waals surface area contributed by atoms with E-state index in [0.29, 0.717) is 5.56 Å². The third-order valence-electron chi connectivity index (χ3n) is 1.56. The van der Waals surface area contributed by atoms with Gasteiger partial charge in [0.05, 0.1) is 0 Å². The Morgan fingerprint density at radius 3 is 2.55 bits per heavy atom. The summed E-state index contributed by atoms with van der Waals surface area (Å²) in [6.45, 7) is 4.62. The lowest BCUT2D eigenvalue weighted by molar-refractivity contribution is 0.616. The molecule has 0 fully saturated rings. The molecule has 0 atom stereocenters. The van der Waals surface area contributed by atoms with Crippen LogP contribution >= 0.6 is 0 Å². The summed E-state index contributed by atoms with van der Waals surface area (Å²) < 4.78 is 25.2. The van der Waals surface area contributed by atoms with Crippen LogP contribution in [0.2, 0.25) is 0 Å². The van der Waals surface area contributed by atoms with E-state index in [2.05, 4.69) is 6.58 Å². The number of benzene rings is 1. The van der Waals surface area contributed by atoms with E-state index < -0.39 is 11.6 Å². The summed E-state index contributed by atoms with van der Waals surface area (Å²) >= 11 is 0. The van der Waals surface area contributed by atoms with Crippen LogP contribution in [-0.2, 0) is 0 Å². The van der Waals surface area contributed by atoms with Gasteiger partial charge in [-0.3, -0.25) is 0 Å². The number of rotatable bonds is 1. The predicted molar refractivity (Wildman–Crippen MR) is 41.3 cm³/mol. The molecule has 0 aliphatic heterocycles.